The molecule has 92 valence electrons. The molecule has 0 bridgehead atoms. The summed E-state index contributed by atoms with van der Waals surface area (Å²) in [5, 5.41) is 4.28. The van der Waals surface area contributed by atoms with E-state index in [0.29, 0.717) is 22.2 Å². The van der Waals surface area contributed by atoms with Gasteiger partial charge in [-0.25, -0.2) is 0 Å². The molecule has 0 heterocycles. The summed E-state index contributed by atoms with van der Waals surface area (Å²) in [6, 6.07) is 12.9. The molecule has 0 spiro atoms. The second-order valence-electron chi connectivity index (χ2n) is 3.79. The van der Waals surface area contributed by atoms with Crippen LogP contribution in [-0.4, -0.2) is 6.29 Å². The molecule has 0 aromatic heterocycles. The second-order valence-corrected chi connectivity index (χ2v) is 4.61. The predicted molar refractivity (Wildman–Crippen MR) is 76.0 cm³/mol. The number of rotatable bonds is 4. The predicted octanol–water partition coefficient (Wildman–Crippen LogP) is 4.48. The smallest absolute Gasteiger partial charge is 0.124 e. The van der Waals surface area contributed by atoms with Crippen LogP contribution in [0.5, 0.6) is 0 Å². The molecular weight excluding hydrogens is 269 g/mol. The van der Waals surface area contributed by atoms with E-state index >= 15 is 0 Å². The van der Waals surface area contributed by atoms with E-state index in [4.69, 9.17) is 23.2 Å². The quantitative estimate of drug-likeness (QED) is 0.837. The number of carbonyl (C=O) groups excluding carboxylic acids is 1. The Morgan fingerprint density at radius 2 is 1.72 bits per heavy atom. The summed E-state index contributed by atoms with van der Waals surface area (Å²) in [5.74, 6) is 0. The van der Waals surface area contributed by atoms with Crippen molar-refractivity contribution in [3.8, 4) is 0 Å². The van der Waals surface area contributed by atoms with Crippen molar-refractivity contribution < 1.29 is 4.79 Å². The van der Waals surface area contributed by atoms with E-state index in [9.17, 15) is 4.79 Å². The molecule has 18 heavy (non-hydrogen) atoms. The van der Waals surface area contributed by atoms with E-state index in [-0.39, 0.29) is 0 Å². The lowest BCUT2D eigenvalue weighted by Gasteiger charge is -2.11. The number of para-hydroxylation sites is 1. The average Bonchev–Trinajstić information content (AvgIpc) is 2.35. The number of hydrogen-bond acceptors (Lipinski definition) is 2. The van der Waals surface area contributed by atoms with Crippen molar-refractivity contribution in [2.24, 2.45) is 0 Å². The number of hydrogen-bond donors (Lipinski definition) is 1. The lowest BCUT2D eigenvalue weighted by molar-refractivity contribution is -0.107. The Kier molecular flexibility index (Phi) is 4.24. The summed E-state index contributed by atoms with van der Waals surface area (Å²) in [6.45, 7) is 0. The highest BCUT2D eigenvalue weighted by atomic mass is 35.5. The Morgan fingerprint density at radius 1 is 1.06 bits per heavy atom. The van der Waals surface area contributed by atoms with Gasteiger partial charge in [-0.1, -0.05) is 41.4 Å². The van der Waals surface area contributed by atoms with Gasteiger partial charge in [0.1, 0.15) is 6.29 Å². The van der Waals surface area contributed by atoms with Crippen LogP contribution in [-0.2, 0) is 11.2 Å². The SMILES string of the molecule is O=CCc1cccc(Nc2c(Cl)cccc2Cl)c1. The van der Waals surface area contributed by atoms with Crippen LogP contribution in [0.15, 0.2) is 42.5 Å². The van der Waals surface area contributed by atoms with Crippen molar-refractivity contribution in [3.05, 3.63) is 58.1 Å². The lowest BCUT2D eigenvalue weighted by atomic mass is 10.1. The minimum Gasteiger partial charge on any atom is -0.353 e. The fraction of sp³-hybridized carbons (Fsp3) is 0.0714. The zero-order chi connectivity index (χ0) is 13.0. The Labute approximate surface area is 116 Å². The van der Waals surface area contributed by atoms with E-state index in [0.717, 1.165) is 17.5 Å². The van der Waals surface area contributed by atoms with Crippen LogP contribution in [0.1, 0.15) is 5.56 Å². The summed E-state index contributed by atoms with van der Waals surface area (Å²) in [7, 11) is 0. The Bertz CT molecular complexity index is 549. The van der Waals surface area contributed by atoms with Crippen LogP contribution in [0.25, 0.3) is 0 Å². The van der Waals surface area contributed by atoms with Gasteiger partial charge in [0, 0.05) is 12.1 Å². The third-order valence-electron chi connectivity index (χ3n) is 2.48. The summed E-state index contributed by atoms with van der Waals surface area (Å²) in [5.41, 5.74) is 2.46. The first-order valence-electron chi connectivity index (χ1n) is 5.44. The van der Waals surface area contributed by atoms with Gasteiger partial charge >= 0.3 is 0 Å². The summed E-state index contributed by atoms with van der Waals surface area (Å²) < 4.78 is 0. The van der Waals surface area contributed by atoms with Crippen LogP contribution >= 0.6 is 23.2 Å². The molecule has 0 saturated carbocycles. The molecule has 0 fully saturated rings. The highest BCUT2D eigenvalue weighted by molar-refractivity contribution is 6.39. The largest absolute Gasteiger partial charge is 0.353 e. The highest BCUT2D eigenvalue weighted by Gasteiger charge is 2.05. The topological polar surface area (TPSA) is 29.1 Å². The molecular formula is C14H11Cl2NO. The molecule has 2 nitrogen and oxygen atoms in total. The molecule has 2 rings (SSSR count). The first-order valence-corrected chi connectivity index (χ1v) is 6.20. The van der Waals surface area contributed by atoms with Gasteiger partial charge in [-0.2, -0.15) is 0 Å². The number of aldehydes is 1. The van der Waals surface area contributed by atoms with Crippen LogP contribution in [0, 0.1) is 0 Å². The molecule has 2 aromatic rings. The van der Waals surface area contributed by atoms with Crippen LogP contribution in [0.4, 0.5) is 11.4 Å². The third kappa shape index (κ3) is 3.03. The van der Waals surface area contributed by atoms with Gasteiger partial charge in [-0.3, -0.25) is 0 Å². The molecule has 4 heteroatoms. The molecule has 0 atom stereocenters. The summed E-state index contributed by atoms with van der Waals surface area (Å²) in [4.78, 5) is 10.5. The molecule has 0 amide bonds. The fourth-order valence-electron chi connectivity index (χ4n) is 1.63. The maximum Gasteiger partial charge on any atom is 0.124 e. The lowest BCUT2D eigenvalue weighted by Crippen LogP contribution is -1.94. The van der Waals surface area contributed by atoms with Crippen LogP contribution in [0.2, 0.25) is 10.0 Å². The number of carbonyl (C=O) groups is 1. The maximum atomic E-state index is 10.5. The molecule has 0 aliphatic carbocycles. The van der Waals surface area contributed by atoms with Crippen LogP contribution in [0.3, 0.4) is 0 Å². The van der Waals surface area contributed by atoms with Gasteiger partial charge in [0.15, 0.2) is 0 Å². The maximum absolute atomic E-state index is 10.5. The monoisotopic (exact) mass is 279 g/mol. The highest BCUT2D eigenvalue weighted by Crippen LogP contribution is 2.32. The van der Waals surface area contributed by atoms with Crippen molar-refractivity contribution in [2.75, 3.05) is 5.32 Å². The van der Waals surface area contributed by atoms with Gasteiger partial charge in [0.2, 0.25) is 0 Å². The Hall–Kier alpha value is -1.51. The molecule has 0 aliphatic rings. The summed E-state index contributed by atoms with van der Waals surface area (Å²) >= 11 is 12.2. The Balaban J connectivity index is 2.28. The average molecular weight is 280 g/mol. The molecule has 0 saturated heterocycles. The molecule has 0 aliphatic heterocycles. The van der Waals surface area contributed by atoms with Gasteiger partial charge in [0.25, 0.3) is 0 Å². The van der Waals surface area contributed by atoms with Crippen molar-refractivity contribution in [3.63, 3.8) is 0 Å². The first-order chi connectivity index (χ1) is 8.70. The Morgan fingerprint density at radius 3 is 2.39 bits per heavy atom. The fourth-order valence-corrected chi connectivity index (χ4v) is 2.13. The van der Waals surface area contributed by atoms with Crippen molar-refractivity contribution in [1.29, 1.82) is 0 Å². The van der Waals surface area contributed by atoms with E-state index in [2.05, 4.69) is 5.32 Å². The van der Waals surface area contributed by atoms with E-state index in [1.165, 1.54) is 0 Å². The zero-order valence-electron chi connectivity index (χ0n) is 9.49. The number of anilines is 2. The van der Waals surface area contributed by atoms with Crippen molar-refractivity contribution in [1.82, 2.24) is 0 Å². The number of benzene rings is 2. The number of halogens is 2. The molecule has 0 unspecified atom stereocenters. The van der Waals surface area contributed by atoms with Gasteiger partial charge in [-0.05, 0) is 29.8 Å². The second kappa shape index (κ2) is 5.89. The van der Waals surface area contributed by atoms with Gasteiger partial charge in [0.05, 0.1) is 15.7 Å². The van der Waals surface area contributed by atoms with E-state index in [1.54, 1.807) is 18.2 Å². The van der Waals surface area contributed by atoms with Crippen molar-refractivity contribution in [2.45, 2.75) is 6.42 Å². The minimum atomic E-state index is 0.395. The zero-order valence-corrected chi connectivity index (χ0v) is 11.0. The molecule has 0 radical (unpaired) electrons. The molecule has 1 N–H and O–H groups in total. The van der Waals surface area contributed by atoms with Crippen LogP contribution < -0.4 is 5.32 Å². The van der Waals surface area contributed by atoms with Gasteiger partial charge in [-0.15, -0.1) is 0 Å². The normalized spacial score (nSPS) is 10.1. The van der Waals surface area contributed by atoms with E-state index < -0.39 is 0 Å². The van der Waals surface area contributed by atoms with E-state index in [1.807, 2.05) is 24.3 Å². The third-order valence-corrected chi connectivity index (χ3v) is 3.11. The number of nitrogens with one attached hydrogen (secondary N) is 1. The minimum absolute atomic E-state index is 0.395. The first kappa shape index (κ1) is 12.9. The van der Waals surface area contributed by atoms with Gasteiger partial charge < -0.3 is 10.1 Å². The summed E-state index contributed by atoms with van der Waals surface area (Å²) in [6.07, 6.45) is 1.27. The van der Waals surface area contributed by atoms with Crippen molar-refractivity contribution >= 4 is 40.9 Å². The standard InChI is InChI=1S/C14H11Cl2NO/c15-12-5-2-6-13(16)14(12)17-11-4-1-3-10(9-11)7-8-18/h1-6,8-9,17H,7H2. The molecule has 2 aromatic carbocycles.